The molecule has 6 nitrogen and oxygen atoms in total. The van der Waals surface area contributed by atoms with Gasteiger partial charge in [-0.15, -0.1) is 0 Å². The van der Waals surface area contributed by atoms with Crippen LogP contribution in [-0.4, -0.2) is 40.0 Å². The molecule has 3 rings (SSSR count). The minimum atomic E-state index is -0.427. The highest BCUT2D eigenvalue weighted by Crippen LogP contribution is 2.35. The van der Waals surface area contributed by atoms with Crippen molar-refractivity contribution in [1.82, 2.24) is 15.1 Å². The SMILES string of the molecule is CC[C@H](CO)NC(=O)[C@H]1CCO[C@@H]1c1ccnn1-c1ccc(F)cc1. The van der Waals surface area contributed by atoms with Crippen molar-refractivity contribution < 1.29 is 19.0 Å². The number of aromatic nitrogens is 2. The minimum Gasteiger partial charge on any atom is -0.394 e. The Labute approximate surface area is 145 Å². The number of carbonyl (C=O) groups is 1. The zero-order valence-electron chi connectivity index (χ0n) is 14.1. The fourth-order valence-corrected chi connectivity index (χ4v) is 3.06. The molecule has 1 saturated heterocycles. The highest BCUT2D eigenvalue weighted by Gasteiger charge is 2.37. The van der Waals surface area contributed by atoms with Gasteiger partial charge in [0.05, 0.1) is 29.9 Å². The summed E-state index contributed by atoms with van der Waals surface area (Å²) in [5, 5.41) is 16.5. The van der Waals surface area contributed by atoms with Crippen molar-refractivity contribution >= 4 is 5.91 Å². The Morgan fingerprint density at radius 1 is 1.44 bits per heavy atom. The molecule has 25 heavy (non-hydrogen) atoms. The number of aliphatic hydroxyl groups excluding tert-OH is 1. The molecule has 0 radical (unpaired) electrons. The van der Waals surface area contributed by atoms with E-state index in [0.717, 1.165) is 5.69 Å². The van der Waals surface area contributed by atoms with Crippen molar-refractivity contribution in [3.63, 3.8) is 0 Å². The first-order valence-corrected chi connectivity index (χ1v) is 8.46. The molecule has 0 unspecified atom stereocenters. The van der Waals surface area contributed by atoms with Crippen LogP contribution in [-0.2, 0) is 9.53 Å². The summed E-state index contributed by atoms with van der Waals surface area (Å²) in [4.78, 5) is 12.6. The van der Waals surface area contributed by atoms with Crippen LogP contribution < -0.4 is 5.32 Å². The van der Waals surface area contributed by atoms with Crippen molar-refractivity contribution in [2.24, 2.45) is 5.92 Å². The van der Waals surface area contributed by atoms with E-state index in [4.69, 9.17) is 4.74 Å². The zero-order chi connectivity index (χ0) is 17.8. The molecule has 1 fully saturated rings. The fraction of sp³-hybridized carbons (Fsp3) is 0.444. The molecular formula is C18H22FN3O3. The van der Waals surface area contributed by atoms with E-state index >= 15 is 0 Å². The van der Waals surface area contributed by atoms with Crippen molar-refractivity contribution in [3.8, 4) is 5.69 Å². The molecule has 7 heteroatoms. The highest BCUT2D eigenvalue weighted by molar-refractivity contribution is 5.80. The topological polar surface area (TPSA) is 76.4 Å². The maximum atomic E-state index is 13.2. The Kier molecular flexibility index (Phi) is 5.45. The van der Waals surface area contributed by atoms with Crippen molar-refractivity contribution in [2.75, 3.05) is 13.2 Å². The number of aliphatic hydroxyl groups is 1. The molecule has 2 heterocycles. The number of benzene rings is 1. The Balaban J connectivity index is 1.83. The van der Waals surface area contributed by atoms with E-state index in [1.165, 1.54) is 12.1 Å². The number of nitrogens with one attached hydrogen (secondary N) is 1. The number of rotatable bonds is 6. The molecule has 1 aromatic carbocycles. The molecule has 0 aliphatic carbocycles. The standard InChI is InChI=1S/C18H22FN3O3/c1-2-13(11-23)21-18(24)15-8-10-25-17(15)16-7-9-20-22(16)14-5-3-12(19)4-6-14/h3-7,9,13,15,17,23H,2,8,10-11H2,1H3,(H,21,24)/t13-,15+,17+/m1/s1. The molecule has 1 aromatic heterocycles. The lowest BCUT2D eigenvalue weighted by molar-refractivity contribution is -0.128. The molecule has 1 aliphatic rings. The van der Waals surface area contributed by atoms with Gasteiger partial charge in [-0.05, 0) is 43.2 Å². The summed E-state index contributed by atoms with van der Waals surface area (Å²) in [6.07, 6.45) is 2.47. The van der Waals surface area contributed by atoms with Gasteiger partial charge in [0, 0.05) is 12.8 Å². The third-order valence-electron chi connectivity index (χ3n) is 4.52. The lowest BCUT2D eigenvalue weighted by atomic mass is 9.97. The Bertz CT molecular complexity index is 713. The molecule has 134 valence electrons. The average molecular weight is 347 g/mol. The predicted molar refractivity (Wildman–Crippen MR) is 89.6 cm³/mol. The van der Waals surface area contributed by atoms with Gasteiger partial charge in [-0.25, -0.2) is 9.07 Å². The van der Waals surface area contributed by atoms with Gasteiger partial charge < -0.3 is 15.2 Å². The van der Waals surface area contributed by atoms with Gasteiger partial charge in [-0.3, -0.25) is 4.79 Å². The lowest BCUT2D eigenvalue weighted by Gasteiger charge is -2.22. The molecule has 0 spiro atoms. The molecule has 1 amide bonds. The van der Waals surface area contributed by atoms with Crippen LogP contribution >= 0.6 is 0 Å². The smallest absolute Gasteiger partial charge is 0.226 e. The highest BCUT2D eigenvalue weighted by atomic mass is 19.1. The van der Waals surface area contributed by atoms with Crippen molar-refractivity contribution in [2.45, 2.75) is 31.9 Å². The van der Waals surface area contributed by atoms with Gasteiger partial charge in [0.25, 0.3) is 0 Å². The summed E-state index contributed by atoms with van der Waals surface area (Å²) in [7, 11) is 0. The molecule has 2 N–H and O–H groups in total. The first-order chi connectivity index (χ1) is 12.1. The molecule has 2 aromatic rings. The monoisotopic (exact) mass is 347 g/mol. The van der Waals surface area contributed by atoms with Gasteiger partial charge >= 0.3 is 0 Å². The molecule has 0 saturated carbocycles. The van der Waals surface area contributed by atoms with E-state index in [1.54, 1.807) is 23.0 Å². The van der Waals surface area contributed by atoms with E-state index in [0.29, 0.717) is 25.1 Å². The predicted octanol–water partition coefficient (Wildman–Crippen LogP) is 1.98. The Hall–Kier alpha value is -2.25. The van der Waals surface area contributed by atoms with Gasteiger partial charge in [0.15, 0.2) is 0 Å². The normalized spacial score (nSPS) is 21.2. The van der Waals surface area contributed by atoms with Crippen LogP contribution in [0.15, 0.2) is 36.5 Å². The summed E-state index contributed by atoms with van der Waals surface area (Å²) < 4.78 is 20.6. The molecular weight excluding hydrogens is 325 g/mol. The largest absolute Gasteiger partial charge is 0.394 e. The van der Waals surface area contributed by atoms with Crippen LogP contribution in [0.4, 0.5) is 4.39 Å². The third-order valence-corrected chi connectivity index (χ3v) is 4.52. The quantitative estimate of drug-likeness (QED) is 0.838. The first-order valence-electron chi connectivity index (χ1n) is 8.46. The second-order valence-electron chi connectivity index (χ2n) is 6.13. The molecule has 3 atom stereocenters. The number of ether oxygens (including phenoxy) is 1. The third kappa shape index (κ3) is 3.72. The number of hydrogen-bond donors (Lipinski definition) is 2. The van der Waals surface area contributed by atoms with Gasteiger partial charge in [0.2, 0.25) is 5.91 Å². The summed E-state index contributed by atoms with van der Waals surface area (Å²) >= 11 is 0. The number of hydrogen-bond acceptors (Lipinski definition) is 4. The fourth-order valence-electron chi connectivity index (χ4n) is 3.06. The summed E-state index contributed by atoms with van der Waals surface area (Å²) in [6.45, 7) is 2.30. The van der Waals surface area contributed by atoms with Crippen LogP contribution in [0.5, 0.6) is 0 Å². The zero-order valence-corrected chi connectivity index (χ0v) is 14.1. The Morgan fingerprint density at radius 3 is 2.88 bits per heavy atom. The number of amides is 1. The van der Waals surface area contributed by atoms with Gasteiger partial charge in [-0.1, -0.05) is 6.92 Å². The second kappa shape index (κ2) is 7.76. The van der Waals surface area contributed by atoms with E-state index in [9.17, 15) is 14.3 Å². The Morgan fingerprint density at radius 2 is 2.20 bits per heavy atom. The summed E-state index contributed by atoms with van der Waals surface area (Å²) in [6, 6.07) is 7.56. The van der Waals surface area contributed by atoms with Crippen LogP contribution in [0, 0.1) is 11.7 Å². The number of nitrogens with zero attached hydrogens (tertiary/aromatic N) is 2. The van der Waals surface area contributed by atoms with Crippen LogP contribution in [0.3, 0.4) is 0 Å². The molecule has 0 bridgehead atoms. The van der Waals surface area contributed by atoms with Crippen LogP contribution in [0.2, 0.25) is 0 Å². The van der Waals surface area contributed by atoms with E-state index in [2.05, 4.69) is 10.4 Å². The van der Waals surface area contributed by atoms with Gasteiger partial charge in [0.1, 0.15) is 11.9 Å². The van der Waals surface area contributed by atoms with Crippen molar-refractivity contribution in [3.05, 3.63) is 48.0 Å². The van der Waals surface area contributed by atoms with Gasteiger partial charge in [-0.2, -0.15) is 5.10 Å². The lowest BCUT2D eigenvalue weighted by Crippen LogP contribution is -2.41. The number of halogens is 1. The summed E-state index contributed by atoms with van der Waals surface area (Å²) in [5.74, 6) is -0.798. The maximum Gasteiger partial charge on any atom is 0.226 e. The van der Waals surface area contributed by atoms with Crippen LogP contribution in [0.25, 0.3) is 5.69 Å². The van der Waals surface area contributed by atoms with E-state index < -0.39 is 6.10 Å². The first kappa shape index (κ1) is 17.6. The maximum absolute atomic E-state index is 13.2. The number of carbonyl (C=O) groups excluding carboxylic acids is 1. The van der Waals surface area contributed by atoms with Crippen LogP contribution in [0.1, 0.15) is 31.6 Å². The van der Waals surface area contributed by atoms with Crippen molar-refractivity contribution in [1.29, 1.82) is 0 Å². The average Bonchev–Trinajstić information content (AvgIpc) is 3.28. The molecule has 1 aliphatic heterocycles. The van der Waals surface area contributed by atoms with E-state index in [1.807, 2.05) is 13.0 Å². The van der Waals surface area contributed by atoms with E-state index in [-0.39, 0.29) is 30.3 Å². The minimum absolute atomic E-state index is 0.0893. The summed E-state index contributed by atoms with van der Waals surface area (Å²) in [5.41, 5.74) is 1.46. The second-order valence-corrected chi connectivity index (χ2v) is 6.13.